The average Bonchev–Trinajstić information content (AvgIpc) is 3.18. The molecule has 2 heterocycles. The van der Waals surface area contributed by atoms with Gasteiger partial charge in [0, 0.05) is 22.5 Å². The van der Waals surface area contributed by atoms with Gasteiger partial charge >= 0.3 is 5.97 Å². The minimum Gasteiger partial charge on any atom is -0.480 e. The number of hydrogen-bond donors (Lipinski definition) is 3. The molecule has 1 aromatic carbocycles. The van der Waals surface area contributed by atoms with Gasteiger partial charge < -0.3 is 10.4 Å². The molecule has 3 aliphatic rings. The van der Waals surface area contributed by atoms with E-state index >= 15 is 4.39 Å². The number of carboxylic acids is 1. The third-order valence-electron chi connectivity index (χ3n) is 7.47. The number of aliphatic imine (C=N–C) groups is 1. The van der Waals surface area contributed by atoms with Gasteiger partial charge in [-0.3, -0.25) is 14.9 Å². The Labute approximate surface area is 201 Å². The number of nitrogens with zero attached hydrogens (tertiary/aromatic N) is 1. The summed E-state index contributed by atoms with van der Waals surface area (Å²) in [5.41, 5.74) is -1.35. The second-order valence-electron chi connectivity index (χ2n) is 9.84. The van der Waals surface area contributed by atoms with Gasteiger partial charge in [0.25, 0.3) is 0 Å². The monoisotopic (exact) mass is 493 g/mol. The zero-order valence-corrected chi connectivity index (χ0v) is 19.9. The lowest BCUT2D eigenvalue weighted by Crippen LogP contribution is -2.61. The summed E-state index contributed by atoms with van der Waals surface area (Å²) < 4.78 is 15.9. The lowest BCUT2D eigenvalue weighted by atomic mass is 9.54. The summed E-state index contributed by atoms with van der Waals surface area (Å²) in [6.07, 6.45) is 4.75. The number of nitrogens with one attached hydrogen (secondary N) is 2. The zero-order chi connectivity index (χ0) is 24.2. The molecule has 1 amide bonds. The van der Waals surface area contributed by atoms with Crippen LogP contribution in [0.4, 0.5) is 10.1 Å². The number of allylic oxidation sites excluding steroid dienone is 1. The van der Waals surface area contributed by atoms with Gasteiger partial charge in [0.2, 0.25) is 5.91 Å². The number of carboxylic acid groups (broad SMARTS) is 1. The maximum Gasteiger partial charge on any atom is 0.321 e. The van der Waals surface area contributed by atoms with E-state index in [1.807, 2.05) is 0 Å². The van der Waals surface area contributed by atoms with Gasteiger partial charge in [0.05, 0.1) is 5.92 Å². The number of carbonyl (C=O) groups excluding carboxylic acids is 1. The normalized spacial score (nSPS) is 30.1. The molecule has 1 aromatic rings. The van der Waals surface area contributed by atoms with Crippen molar-refractivity contribution in [3.63, 3.8) is 0 Å². The highest BCUT2D eigenvalue weighted by molar-refractivity contribution is 6.31. The van der Waals surface area contributed by atoms with Gasteiger partial charge in [-0.2, -0.15) is 0 Å². The van der Waals surface area contributed by atoms with E-state index in [4.69, 9.17) is 23.2 Å². The molecule has 3 N–H and O–H groups in total. The maximum atomic E-state index is 15.9. The Morgan fingerprint density at radius 3 is 2.58 bits per heavy atom. The number of anilines is 1. The molecule has 0 aromatic heterocycles. The molecular weight excluding hydrogens is 468 g/mol. The predicted molar refractivity (Wildman–Crippen MR) is 127 cm³/mol. The van der Waals surface area contributed by atoms with Crippen molar-refractivity contribution in [2.45, 2.75) is 56.5 Å². The fourth-order valence-electron chi connectivity index (χ4n) is 5.89. The molecule has 176 valence electrons. The van der Waals surface area contributed by atoms with Gasteiger partial charge in [-0.05, 0) is 54.9 Å². The second kappa shape index (κ2) is 8.22. The van der Waals surface area contributed by atoms with E-state index in [-0.39, 0.29) is 10.6 Å². The molecule has 2 fully saturated rings. The molecule has 1 unspecified atom stereocenters. The van der Waals surface area contributed by atoms with Crippen molar-refractivity contribution in [3.8, 4) is 0 Å². The predicted octanol–water partition coefficient (Wildman–Crippen LogP) is 5.18. The number of halogens is 3. The van der Waals surface area contributed by atoms with Crippen molar-refractivity contribution in [2.24, 2.45) is 16.3 Å². The number of fused-ring (bicyclic) bond motifs is 3. The van der Waals surface area contributed by atoms with Crippen LogP contribution in [0.1, 0.15) is 45.1 Å². The molecule has 0 bridgehead atoms. The van der Waals surface area contributed by atoms with Crippen molar-refractivity contribution < 1.29 is 19.1 Å². The Morgan fingerprint density at radius 2 is 1.97 bits per heavy atom. The van der Waals surface area contributed by atoms with E-state index in [0.29, 0.717) is 29.1 Å². The van der Waals surface area contributed by atoms with E-state index in [2.05, 4.69) is 36.1 Å². The van der Waals surface area contributed by atoms with E-state index in [1.165, 1.54) is 0 Å². The summed E-state index contributed by atoms with van der Waals surface area (Å²) in [4.78, 5) is 30.0. The molecular formula is C24H26Cl2FN3O3. The number of amides is 1. The fraction of sp³-hybridized carbons (Fsp3) is 0.458. The molecule has 9 heteroatoms. The summed E-state index contributed by atoms with van der Waals surface area (Å²) in [6.45, 7) is 7.72. The first-order valence-corrected chi connectivity index (χ1v) is 11.6. The Bertz CT molecular complexity index is 1090. The molecule has 1 saturated carbocycles. The minimum absolute atomic E-state index is 0.0323. The van der Waals surface area contributed by atoms with E-state index in [0.717, 1.165) is 25.1 Å². The first-order chi connectivity index (χ1) is 15.4. The molecule has 33 heavy (non-hydrogen) atoms. The maximum absolute atomic E-state index is 15.9. The minimum atomic E-state index is -1.47. The van der Waals surface area contributed by atoms with Crippen molar-refractivity contribution in [2.75, 3.05) is 5.32 Å². The first kappa shape index (κ1) is 23.9. The average molecular weight is 494 g/mol. The van der Waals surface area contributed by atoms with Gasteiger partial charge in [-0.25, -0.2) is 9.38 Å². The SMILES string of the molecule is C=C(Cl)N=C/C=C(\F)[C@H]1[C@H](C(=O)O)NC2(CCC(C)(C)CC2)C12C(=O)Nc1cc(Cl)ccc12. The van der Waals surface area contributed by atoms with Crippen LogP contribution in [0.2, 0.25) is 5.02 Å². The summed E-state index contributed by atoms with van der Waals surface area (Å²) in [6, 6.07) is 3.66. The first-order valence-electron chi connectivity index (χ1n) is 10.8. The lowest BCUT2D eigenvalue weighted by Gasteiger charge is -2.50. The molecule has 1 aliphatic carbocycles. The van der Waals surface area contributed by atoms with Crippen LogP contribution in [-0.2, 0) is 15.0 Å². The van der Waals surface area contributed by atoms with Crippen LogP contribution in [0.3, 0.4) is 0 Å². The summed E-state index contributed by atoms with van der Waals surface area (Å²) in [5, 5.41) is 16.6. The zero-order valence-electron chi connectivity index (χ0n) is 18.4. The van der Waals surface area contributed by atoms with Gasteiger partial charge in [-0.1, -0.05) is 49.7 Å². The van der Waals surface area contributed by atoms with Gasteiger partial charge in [0.1, 0.15) is 22.4 Å². The highest BCUT2D eigenvalue weighted by atomic mass is 35.5. The Hall–Kier alpha value is -2.22. The highest BCUT2D eigenvalue weighted by Gasteiger charge is 2.73. The smallest absolute Gasteiger partial charge is 0.321 e. The third kappa shape index (κ3) is 3.70. The van der Waals surface area contributed by atoms with Crippen LogP contribution in [0, 0.1) is 11.3 Å². The number of rotatable bonds is 4. The van der Waals surface area contributed by atoms with Crippen LogP contribution in [-0.4, -0.2) is 34.8 Å². The summed E-state index contributed by atoms with van der Waals surface area (Å²) >= 11 is 11.8. The topological polar surface area (TPSA) is 90.8 Å². The van der Waals surface area contributed by atoms with Crippen molar-refractivity contribution in [1.82, 2.24) is 5.32 Å². The van der Waals surface area contributed by atoms with E-state index in [9.17, 15) is 14.7 Å². The Morgan fingerprint density at radius 1 is 1.30 bits per heavy atom. The van der Waals surface area contributed by atoms with Crippen molar-refractivity contribution in [1.29, 1.82) is 0 Å². The third-order valence-corrected chi connectivity index (χ3v) is 7.80. The number of aliphatic carboxylic acids is 1. The van der Waals surface area contributed by atoms with Crippen molar-refractivity contribution in [3.05, 3.63) is 52.4 Å². The van der Waals surface area contributed by atoms with Gasteiger partial charge in [0.15, 0.2) is 0 Å². The molecule has 2 spiro atoms. The van der Waals surface area contributed by atoms with Gasteiger partial charge in [-0.15, -0.1) is 0 Å². The molecule has 4 rings (SSSR count). The Kier molecular flexibility index (Phi) is 5.96. The summed E-state index contributed by atoms with van der Waals surface area (Å²) in [5.74, 6) is -3.72. The fourth-order valence-corrected chi connectivity index (χ4v) is 6.12. The summed E-state index contributed by atoms with van der Waals surface area (Å²) in [7, 11) is 0. The molecule has 1 saturated heterocycles. The quantitative estimate of drug-likeness (QED) is 0.398. The van der Waals surface area contributed by atoms with E-state index in [1.54, 1.807) is 18.2 Å². The van der Waals surface area contributed by atoms with Crippen LogP contribution >= 0.6 is 23.2 Å². The highest BCUT2D eigenvalue weighted by Crippen LogP contribution is 2.62. The van der Waals surface area contributed by atoms with Crippen LogP contribution in [0.25, 0.3) is 0 Å². The lowest BCUT2D eigenvalue weighted by molar-refractivity contribution is -0.140. The second-order valence-corrected chi connectivity index (χ2v) is 10.7. The largest absolute Gasteiger partial charge is 0.480 e. The van der Waals surface area contributed by atoms with Crippen molar-refractivity contribution >= 4 is 47.0 Å². The standard InChI is InChI=1S/C24H26Cl2FN3O3/c1-13(25)28-11-6-16(27)18-19(20(31)32)30-23(9-7-22(2,3)8-10-23)24(18)15-5-4-14(26)12-17(15)29-21(24)33/h4-6,11-12,18-19,30H,1,7-10H2,2-3H3,(H,29,33)(H,31,32)/b16-6-,28-11?/t18-,19+,24?/m0/s1. The Balaban J connectivity index is 1.97. The molecule has 3 atom stereocenters. The number of hydrogen-bond acceptors (Lipinski definition) is 4. The van der Waals surface area contributed by atoms with Crippen LogP contribution in [0.5, 0.6) is 0 Å². The van der Waals surface area contributed by atoms with E-state index < -0.39 is 40.6 Å². The molecule has 6 nitrogen and oxygen atoms in total. The number of benzene rings is 1. The van der Waals surface area contributed by atoms with Crippen LogP contribution in [0.15, 0.2) is 46.8 Å². The number of carbonyl (C=O) groups is 2. The molecule has 0 radical (unpaired) electrons. The molecule has 2 aliphatic heterocycles. The van der Waals surface area contributed by atoms with Crippen LogP contribution < -0.4 is 10.6 Å².